The summed E-state index contributed by atoms with van der Waals surface area (Å²) in [6.45, 7) is 9.67. The van der Waals surface area contributed by atoms with Crippen LogP contribution in [0, 0.1) is 6.92 Å². The fraction of sp³-hybridized carbons (Fsp3) is 0.375. The van der Waals surface area contributed by atoms with E-state index in [4.69, 9.17) is 18.9 Å². The predicted molar refractivity (Wildman–Crippen MR) is 116 cm³/mol. The third-order valence-electron chi connectivity index (χ3n) is 4.18. The van der Waals surface area contributed by atoms with E-state index in [2.05, 4.69) is 0 Å². The normalized spacial score (nSPS) is 11.2. The Morgan fingerprint density at radius 2 is 1.59 bits per heavy atom. The standard InChI is InChI=1S/C24H30O5/c1-15(2)28-19-10-11-20(23(14-19)29-16(3)4)21(25)12-8-18-9-13-22(26-6)17(5)24(18)27-7/h8-16H,1-7H3. The summed E-state index contributed by atoms with van der Waals surface area (Å²) in [5, 5.41) is 0. The van der Waals surface area contributed by atoms with E-state index in [9.17, 15) is 4.79 Å². The summed E-state index contributed by atoms with van der Waals surface area (Å²) in [7, 11) is 3.21. The predicted octanol–water partition coefficient (Wildman–Crippen LogP) is 5.48. The molecule has 0 amide bonds. The van der Waals surface area contributed by atoms with E-state index >= 15 is 0 Å². The van der Waals surface area contributed by atoms with Crippen LogP contribution in [-0.2, 0) is 0 Å². The Labute approximate surface area is 173 Å². The fourth-order valence-electron chi connectivity index (χ4n) is 2.98. The zero-order valence-electron chi connectivity index (χ0n) is 18.2. The van der Waals surface area contributed by atoms with Crippen molar-refractivity contribution in [2.24, 2.45) is 0 Å². The van der Waals surface area contributed by atoms with Crippen molar-refractivity contribution in [3.05, 3.63) is 53.1 Å². The van der Waals surface area contributed by atoms with Crippen molar-refractivity contribution in [2.75, 3.05) is 14.2 Å². The van der Waals surface area contributed by atoms with Gasteiger partial charge in [-0.2, -0.15) is 0 Å². The SMILES string of the molecule is COc1ccc(C=CC(=O)c2ccc(OC(C)C)cc2OC(C)C)c(OC)c1C. The second-order valence-corrected chi connectivity index (χ2v) is 7.20. The summed E-state index contributed by atoms with van der Waals surface area (Å²) in [5.41, 5.74) is 2.16. The van der Waals surface area contributed by atoms with Crippen LogP contribution in [0.5, 0.6) is 23.0 Å². The highest BCUT2D eigenvalue weighted by atomic mass is 16.5. The number of ketones is 1. The number of benzene rings is 2. The molecule has 0 aliphatic heterocycles. The van der Waals surface area contributed by atoms with Crippen molar-refractivity contribution < 1.29 is 23.7 Å². The van der Waals surface area contributed by atoms with Crippen molar-refractivity contribution in [3.63, 3.8) is 0 Å². The molecule has 0 saturated heterocycles. The van der Waals surface area contributed by atoms with Gasteiger partial charge in [-0.05, 0) is 71.0 Å². The van der Waals surface area contributed by atoms with Gasteiger partial charge in [0, 0.05) is 17.2 Å². The number of hydrogen-bond acceptors (Lipinski definition) is 5. The number of ether oxygens (including phenoxy) is 4. The van der Waals surface area contributed by atoms with E-state index in [0.29, 0.717) is 22.8 Å². The Morgan fingerprint density at radius 1 is 0.897 bits per heavy atom. The topological polar surface area (TPSA) is 54.0 Å². The highest BCUT2D eigenvalue weighted by Gasteiger charge is 2.15. The Bertz CT molecular complexity index is 881. The molecular formula is C24H30O5. The largest absolute Gasteiger partial charge is 0.496 e. The van der Waals surface area contributed by atoms with E-state index in [1.165, 1.54) is 6.08 Å². The Kier molecular flexibility index (Phi) is 7.71. The third-order valence-corrected chi connectivity index (χ3v) is 4.18. The Hall–Kier alpha value is -2.95. The van der Waals surface area contributed by atoms with Crippen molar-refractivity contribution in [1.82, 2.24) is 0 Å². The highest BCUT2D eigenvalue weighted by Crippen LogP contribution is 2.32. The molecule has 0 aromatic heterocycles. The second kappa shape index (κ2) is 10.0. The van der Waals surface area contributed by atoms with Crippen molar-refractivity contribution in [2.45, 2.75) is 46.8 Å². The minimum absolute atomic E-state index is 0.0362. The number of allylic oxidation sites excluding steroid dienone is 1. The molecule has 0 radical (unpaired) electrons. The van der Waals surface area contributed by atoms with Gasteiger partial charge in [0.15, 0.2) is 5.78 Å². The third kappa shape index (κ3) is 5.76. The average molecular weight is 398 g/mol. The minimum Gasteiger partial charge on any atom is -0.496 e. The van der Waals surface area contributed by atoms with Gasteiger partial charge in [0.25, 0.3) is 0 Å². The number of carbonyl (C=O) groups is 1. The first kappa shape index (κ1) is 22.3. The number of rotatable bonds is 9. The van der Waals surface area contributed by atoms with E-state index in [-0.39, 0.29) is 18.0 Å². The molecule has 2 aromatic rings. The van der Waals surface area contributed by atoms with Crippen molar-refractivity contribution in [3.8, 4) is 23.0 Å². The van der Waals surface area contributed by atoms with Gasteiger partial charge in [-0.25, -0.2) is 0 Å². The van der Waals surface area contributed by atoms with Crippen LogP contribution in [0.1, 0.15) is 49.2 Å². The van der Waals surface area contributed by atoms with E-state index < -0.39 is 0 Å². The van der Waals surface area contributed by atoms with Gasteiger partial charge in [-0.3, -0.25) is 4.79 Å². The summed E-state index contributed by atoms with van der Waals surface area (Å²) in [5.74, 6) is 2.42. The van der Waals surface area contributed by atoms with E-state index in [1.54, 1.807) is 38.5 Å². The van der Waals surface area contributed by atoms with Crippen LogP contribution >= 0.6 is 0 Å². The molecule has 0 fully saturated rings. The van der Waals surface area contributed by atoms with Gasteiger partial charge < -0.3 is 18.9 Å². The van der Waals surface area contributed by atoms with Crippen LogP contribution < -0.4 is 18.9 Å². The summed E-state index contributed by atoms with van der Waals surface area (Å²) < 4.78 is 22.4. The van der Waals surface area contributed by atoms with Crippen LogP contribution in [0.25, 0.3) is 6.08 Å². The van der Waals surface area contributed by atoms with Gasteiger partial charge in [0.05, 0.1) is 32.0 Å². The summed E-state index contributed by atoms with van der Waals surface area (Å²) in [6.07, 6.45) is 3.24. The minimum atomic E-state index is -0.160. The van der Waals surface area contributed by atoms with Gasteiger partial charge in [-0.1, -0.05) is 0 Å². The van der Waals surface area contributed by atoms with Gasteiger partial charge in [0.1, 0.15) is 23.0 Å². The number of methoxy groups -OCH3 is 2. The molecule has 0 spiro atoms. The maximum Gasteiger partial charge on any atom is 0.189 e. The molecule has 0 aliphatic rings. The Morgan fingerprint density at radius 3 is 2.17 bits per heavy atom. The van der Waals surface area contributed by atoms with Crippen LogP contribution in [0.3, 0.4) is 0 Å². The molecule has 5 nitrogen and oxygen atoms in total. The van der Waals surface area contributed by atoms with Crippen molar-refractivity contribution >= 4 is 11.9 Å². The second-order valence-electron chi connectivity index (χ2n) is 7.20. The number of carbonyl (C=O) groups excluding carboxylic acids is 1. The molecule has 5 heteroatoms. The average Bonchev–Trinajstić information content (AvgIpc) is 2.65. The first-order valence-electron chi connectivity index (χ1n) is 9.68. The van der Waals surface area contributed by atoms with Gasteiger partial charge in [0.2, 0.25) is 0 Å². The van der Waals surface area contributed by atoms with Crippen LogP contribution in [0.15, 0.2) is 36.4 Å². The zero-order valence-corrected chi connectivity index (χ0v) is 18.2. The summed E-state index contributed by atoms with van der Waals surface area (Å²) in [6, 6.07) is 9.00. The molecule has 29 heavy (non-hydrogen) atoms. The van der Waals surface area contributed by atoms with Crippen molar-refractivity contribution in [1.29, 1.82) is 0 Å². The maximum absolute atomic E-state index is 12.9. The highest BCUT2D eigenvalue weighted by molar-refractivity contribution is 6.09. The molecule has 0 aliphatic carbocycles. The Balaban J connectivity index is 2.36. The smallest absolute Gasteiger partial charge is 0.189 e. The fourth-order valence-corrected chi connectivity index (χ4v) is 2.98. The lowest BCUT2D eigenvalue weighted by Crippen LogP contribution is -2.11. The lowest BCUT2D eigenvalue weighted by atomic mass is 10.0. The molecule has 2 aromatic carbocycles. The van der Waals surface area contributed by atoms with Gasteiger partial charge in [-0.15, -0.1) is 0 Å². The maximum atomic E-state index is 12.9. The molecule has 0 N–H and O–H groups in total. The van der Waals surface area contributed by atoms with Crippen LogP contribution in [0.2, 0.25) is 0 Å². The van der Waals surface area contributed by atoms with Gasteiger partial charge >= 0.3 is 0 Å². The molecule has 0 atom stereocenters. The first-order valence-corrected chi connectivity index (χ1v) is 9.68. The van der Waals surface area contributed by atoms with Crippen LogP contribution in [-0.4, -0.2) is 32.2 Å². The molecular weight excluding hydrogens is 368 g/mol. The molecule has 0 saturated carbocycles. The molecule has 156 valence electrons. The first-order chi connectivity index (χ1) is 13.8. The molecule has 0 unspecified atom stereocenters. The van der Waals surface area contributed by atoms with E-state index in [0.717, 1.165) is 16.9 Å². The van der Waals surface area contributed by atoms with Crippen LogP contribution in [0.4, 0.5) is 0 Å². The molecule has 0 heterocycles. The lowest BCUT2D eigenvalue weighted by molar-refractivity contribution is 0.104. The van der Waals surface area contributed by atoms with E-state index in [1.807, 2.05) is 46.8 Å². The lowest BCUT2D eigenvalue weighted by Gasteiger charge is -2.16. The quantitative estimate of drug-likeness (QED) is 0.413. The zero-order chi connectivity index (χ0) is 21.6. The summed E-state index contributed by atoms with van der Waals surface area (Å²) in [4.78, 5) is 12.9. The number of hydrogen-bond donors (Lipinski definition) is 0. The monoisotopic (exact) mass is 398 g/mol. The molecule has 2 rings (SSSR count). The summed E-state index contributed by atoms with van der Waals surface area (Å²) >= 11 is 0. The molecule has 0 bridgehead atoms.